The zero-order valence-corrected chi connectivity index (χ0v) is 22.7. The average Bonchev–Trinajstić information content (AvgIpc) is 3.43. The molecular weight excluding hydrogens is 574 g/mol. The first-order valence-corrected chi connectivity index (χ1v) is 13.0. The van der Waals surface area contributed by atoms with Crippen molar-refractivity contribution in [2.75, 3.05) is 11.4 Å². The molecule has 5 rings (SSSR count). The summed E-state index contributed by atoms with van der Waals surface area (Å²) in [6, 6.07) is 15.2. The number of imide groups is 1. The van der Waals surface area contributed by atoms with Gasteiger partial charge < -0.3 is 9.64 Å². The Morgan fingerprint density at radius 2 is 1.47 bits per heavy atom. The minimum atomic E-state index is -0.745. The molecule has 2 atom stereocenters. The largest absolute Gasteiger partial charge is 0.426 e. The van der Waals surface area contributed by atoms with Crippen LogP contribution in [-0.4, -0.2) is 35.1 Å². The molecule has 38 heavy (non-hydrogen) atoms. The van der Waals surface area contributed by atoms with Crippen molar-refractivity contribution in [1.82, 2.24) is 4.90 Å². The summed E-state index contributed by atoms with van der Waals surface area (Å²) in [6.07, 6.45) is 0.0205. The molecule has 1 saturated heterocycles. The zero-order valence-electron chi connectivity index (χ0n) is 19.7. The van der Waals surface area contributed by atoms with Crippen molar-refractivity contribution in [3.8, 4) is 5.75 Å². The summed E-state index contributed by atoms with van der Waals surface area (Å²) in [6.45, 7) is 2.12. The van der Waals surface area contributed by atoms with E-state index in [4.69, 9.17) is 51.1 Å². The molecule has 0 aromatic heterocycles. The molecule has 0 unspecified atom stereocenters. The van der Waals surface area contributed by atoms with Gasteiger partial charge in [-0.05, 0) is 24.6 Å². The quantitative estimate of drug-likeness (QED) is 0.109. The fraction of sp³-hybridized carbons (Fsp3) is 0.185. The Bertz CT molecular complexity index is 1460. The smallest absolute Gasteiger partial charge is 0.316 e. The first-order chi connectivity index (χ1) is 18.1. The summed E-state index contributed by atoms with van der Waals surface area (Å²) >= 11 is 24.6. The molecule has 0 N–H and O–H groups in total. The molecule has 3 aromatic rings. The van der Waals surface area contributed by atoms with Gasteiger partial charge in [0.1, 0.15) is 5.75 Å². The number of ether oxygens (including phenoxy) is 1. The number of fused-ring (bicyclic) bond motifs is 1. The monoisotopic (exact) mass is 590 g/mol. The number of hydrogen-bond donors (Lipinski definition) is 0. The van der Waals surface area contributed by atoms with Gasteiger partial charge in [-0.1, -0.05) is 82.8 Å². The molecule has 0 radical (unpaired) electrons. The van der Waals surface area contributed by atoms with Gasteiger partial charge in [-0.15, -0.1) is 0 Å². The molecule has 0 saturated carbocycles. The third kappa shape index (κ3) is 4.43. The van der Waals surface area contributed by atoms with Crippen molar-refractivity contribution in [1.29, 1.82) is 0 Å². The van der Waals surface area contributed by atoms with Crippen LogP contribution in [0.1, 0.15) is 45.7 Å². The van der Waals surface area contributed by atoms with Gasteiger partial charge >= 0.3 is 5.97 Å². The number of benzene rings is 3. The number of anilines is 1. The molecule has 3 aromatic carbocycles. The van der Waals surface area contributed by atoms with Crippen molar-refractivity contribution in [3.05, 3.63) is 91.4 Å². The number of carbonyl (C=O) groups excluding carboxylic acids is 4. The number of carbonyl (C=O) groups is 4. The van der Waals surface area contributed by atoms with E-state index in [1.165, 1.54) is 24.3 Å². The Labute approximate surface area is 237 Å². The maximum absolute atomic E-state index is 13.1. The maximum Gasteiger partial charge on any atom is 0.316 e. The molecule has 3 amide bonds. The number of amides is 3. The van der Waals surface area contributed by atoms with Gasteiger partial charge in [-0.2, -0.15) is 0 Å². The second-order valence-corrected chi connectivity index (χ2v) is 10.4. The first-order valence-electron chi connectivity index (χ1n) is 11.5. The summed E-state index contributed by atoms with van der Waals surface area (Å²) in [7, 11) is 0. The van der Waals surface area contributed by atoms with Crippen LogP contribution in [-0.2, 0) is 9.59 Å². The van der Waals surface area contributed by atoms with Crippen molar-refractivity contribution in [2.24, 2.45) is 5.92 Å². The van der Waals surface area contributed by atoms with Crippen LogP contribution in [0.4, 0.5) is 5.69 Å². The highest BCUT2D eigenvalue weighted by molar-refractivity contribution is 6.56. The zero-order chi connectivity index (χ0) is 27.3. The van der Waals surface area contributed by atoms with E-state index < -0.39 is 23.7 Å². The second kappa shape index (κ2) is 10.2. The van der Waals surface area contributed by atoms with Crippen LogP contribution in [0, 0.1) is 5.92 Å². The van der Waals surface area contributed by atoms with Crippen LogP contribution >= 0.6 is 46.4 Å². The van der Waals surface area contributed by atoms with Crippen molar-refractivity contribution < 1.29 is 23.9 Å². The molecule has 2 heterocycles. The first kappa shape index (κ1) is 26.5. The molecular formula is C27H18Cl4N2O5. The normalized spacial score (nSPS) is 17.7. The molecule has 7 nitrogen and oxygen atoms in total. The van der Waals surface area contributed by atoms with Crippen molar-refractivity contribution in [2.45, 2.75) is 19.4 Å². The van der Waals surface area contributed by atoms with Gasteiger partial charge in [0.25, 0.3) is 11.8 Å². The fourth-order valence-electron chi connectivity index (χ4n) is 4.64. The lowest BCUT2D eigenvalue weighted by molar-refractivity contribution is -0.139. The third-order valence-corrected chi connectivity index (χ3v) is 8.44. The Kier molecular flexibility index (Phi) is 7.13. The Morgan fingerprint density at radius 1 is 0.868 bits per heavy atom. The van der Waals surface area contributed by atoms with Crippen LogP contribution in [0.15, 0.2) is 54.6 Å². The lowest BCUT2D eigenvalue weighted by atomic mass is 10.1. The number of rotatable bonds is 5. The van der Waals surface area contributed by atoms with E-state index >= 15 is 0 Å². The summed E-state index contributed by atoms with van der Waals surface area (Å²) in [5, 5.41) is -0.631. The Morgan fingerprint density at radius 3 is 2.08 bits per heavy atom. The van der Waals surface area contributed by atoms with Crippen LogP contribution in [0.5, 0.6) is 5.75 Å². The molecule has 2 aliphatic rings. The molecule has 194 valence electrons. The van der Waals surface area contributed by atoms with Gasteiger partial charge in [0, 0.05) is 19.0 Å². The molecule has 0 bridgehead atoms. The molecule has 1 fully saturated rings. The maximum atomic E-state index is 13.1. The van der Waals surface area contributed by atoms with Crippen LogP contribution in [0.25, 0.3) is 0 Å². The fourth-order valence-corrected chi connectivity index (χ4v) is 5.66. The van der Waals surface area contributed by atoms with Gasteiger partial charge in [0.2, 0.25) is 5.91 Å². The average molecular weight is 592 g/mol. The predicted octanol–water partition coefficient (Wildman–Crippen LogP) is 6.62. The number of esters is 1. The lowest BCUT2D eigenvalue weighted by Crippen LogP contribution is -2.30. The minimum absolute atomic E-state index is 0.0205. The van der Waals surface area contributed by atoms with E-state index in [2.05, 4.69) is 0 Å². The van der Waals surface area contributed by atoms with E-state index in [1.54, 1.807) is 4.90 Å². The van der Waals surface area contributed by atoms with Gasteiger partial charge in [0.15, 0.2) is 0 Å². The number of nitrogens with zero attached hydrogens (tertiary/aromatic N) is 2. The predicted molar refractivity (Wildman–Crippen MR) is 144 cm³/mol. The van der Waals surface area contributed by atoms with Gasteiger partial charge in [0.05, 0.1) is 48.9 Å². The molecule has 2 aliphatic heterocycles. The highest BCUT2D eigenvalue weighted by Gasteiger charge is 2.43. The topological polar surface area (TPSA) is 84.0 Å². The van der Waals surface area contributed by atoms with E-state index in [0.29, 0.717) is 0 Å². The molecule has 0 aliphatic carbocycles. The Hall–Kier alpha value is -3.10. The highest BCUT2D eigenvalue weighted by atomic mass is 35.5. The van der Waals surface area contributed by atoms with E-state index in [-0.39, 0.29) is 67.6 Å². The highest BCUT2D eigenvalue weighted by Crippen LogP contribution is 2.46. The van der Waals surface area contributed by atoms with E-state index in [1.807, 2.05) is 37.3 Å². The minimum Gasteiger partial charge on any atom is -0.426 e. The summed E-state index contributed by atoms with van der Waals surface area (Å²) in [5.74, 6) is -2.80. The number of likely N-dealkylation sites (tertiary alicyclic amines) is 1. The Balaban J connectivity index is 1.34. The molecule has 0 spiro atoms. The summed E-state index contributed by atoms with van der Waals surface area (Å²) < 4.78 is 5.55. The second-order valence-electron chi connectivity index (χ2n) is 8.90. The van der Waals surface area contributed by atoms with Crippen LogP contribution in [0.2, 0.25) is 20.1 Å². The van der Waals surface area contributed by atoms with Crippen LogP contribution in [0.3, 0.4) is 0 Å². The van der Waals surface area contributed by atoms with Crippen molar-refractivity contribution >= 4 is 75.8 Å². The van der Waals surface area contributed by atoms with E-state index in [9.17, 15) is 19.2 Å². The summed E-state index contributed by atoms with van der Waals surface area (Å²) in [5.41, 5.74) is 0.778. The SMILES string of the molecule is C[C@H](c1ccccc1)N1C[C@@H](C(=O)Oc2cccc(N3C(=O)c4c(Cl)c(Cl)c(Cl)c(Cl)c4C3=O)c2)CC1=O. The molecule has 11 heteroatoms. The lowest BCUT2D eigenvalue weighted by Gasteiger charge is -2.25. The number of halogens is 4. The summed E-state index contributed by atoms with van der Waals surface area (Å²) in [4.78, 5) is 54.4. The van der Waals surface area contributed by atoms with Gasteiger partial charge in [-0.25, -0.2) is 4.90 Å². The third-order valence-electron chi connectivity index (χ3n) is 6.64. The van der Waals surface area contributed by atoms with Crippen molar-refractivity contribution in [3.63, 3.8) is 0 Å². The van der Waals surface area contributed by atoms with E-state index in [0.717, 1.165) is 10.5 Å². The van der Waals surface area contributed by atoms with Gasteiger partial charge in [-0.3, -0.25) is 19.2 Å². The number of hydrogen-bond acceptors (Lipinski definition) is 5. The standard InChI is InChI=1S/C27H18Cl4N2O5/c1-13(14-6-3-2-4-7-14)32-12-15(10-18(32)34)27(37)38-17-9-5-8-16(11-17)33-25(35)19-20(26(33)36)22(29)24(31)23(30)21(19)28/h2-9,11,13,15H,10,12H2,1H3/t13-,15+/m1/s1. The van der Waals surface area contributed by atoms with Crippen LogP contribution < -0.4 is 9.64 Å².